The molecule has 0 bridgehead atoms. The summed E-state index contributed by atoms with van der Waals surface area (Å²) in [5.74, 6) is -0.275. The van der Waals surface area contributed by atoms with Crippen LogP contribution in [0.2, 0.25) is 0 Å². The van der Waals surface area contributed by atoms with E-state index in [4.69, 9.17) is 14.7 Å². The summed E-state index contributed by atoms with van der Waals surface area (Å²) in [6.45, 7) is 2.21. The second-order valence-electron chi connectivity index (χ2n) is 3.33. The average molecular weight is 237 g/mol. The summed E-state index contributed by atoms with van der Waals surface area (Å²) >= 11 is 0. The van der Waals surface area contributed by atoms with Crippen molar-refractivity contribution in [1.29, 1.82) is 0 Å². The monoisotopic (exact) mass is 237 g/mol. The SMILES string of the molecule is C/C(=N\OCCCOc1ccccc1)C(=O)O. The standard InChI is InChI=1S/C12H15NO4/c1-10(12(14)15)13-17-9-5-8-16-11-6-3-2-4-7-11/h2-4,6-7H,5,8-9H2,1H3,(H,14,15)/b13-10+. The number of rotatable bonds is 7. The van der Waals surface area contributed by atoms with Crippen molar-refractivity contribution in [3.8, 4) is 5.75 Å². The van der Waals surface area contributed by atoms with Crippen LogP contribution in [0.5, 0.6) is 5.75 Å². The van der Waals surface area contributed by atoms with Gasteiger partial charge in [-0.1, -0.05) is 23.4 Å². The minimum Gasteiger partial charge on any atom is -0.493 e. The molecule has 1 rings (SSSR count). The third-order valence-corrected chi connectivity index (χ3v) is 1.90. The van der Waals surface area contributed by atoms with Crippen LogP contribution in [-0.4, -0.2) is 30.0 Å². The number of aliphatic carboxylic acids is 1. The van der Waals surface area contributed by atoms with Crippen LogP contribution in [0.1, 0.15) is 13.3 Å². The molecule has 0 amide bonds. The fourth-order valence-corrected chi connectivity index (χ4v) is 1.01. The van der Waals surface area contributed by atoms with E-state index in [-0.39, 0.29) is 5.71 Å². The van der Waals surface area contributed by atoms with E-state index >= 15 is 0 Å². The minimum atomic E-state index is -1.08. The number of nitrogens with zero attached hydrogens (tertiary/aromatic N) is 1. The van der Waals surface area contributed by atoms with Gasteiger partial charge in [-0.25, -0.2) is 4.79 Å². The van der Waals surface area contributed by atoms with Crippen LogP contribution in [-0.2, 0) is 9.63 Å². The first-order chi connectivity index (χ1) is 8.20. The number of carboxylic acids is 1. The number of oxime groups is 1. The van der Waals surface area contributed by atoms with Crippen LogP contribution >= 0.6 is 0 Å². The zero-order valence-electron chi connectivity index (χ0n) is 9.63. The number of benzene rings is 1. The van der Waals surface area contributed by atoms with E-state index in [2.05, 4.69) is 5.16 Å². The lowest BCUT2D eigenvalue weighted by Crippen LogP contribution is -2.09. The second kappa shape index (κ2) is 7.27. The van der Waals surface area contributed by atoms with Crippen molar-refractivity contribution in [3.05, 3.63) is 30.3 Å². The van der Waals surface area contributed by atoms with Crippen LogP contribution in [0.4, 0.5) is 0 Å². The maximum atomic E-state index is 10.4. The van der Waals surface area contributed by atoms with Gasteiger partial charge in [-0.05, 0) is 19.1 Å². The van der Waals surface area contributed by atoms with Gasteiger partial charge >= 0.3 is 5.97 Å². The highest BCUT2D eigenvalue weighted by molar-refractivity contribution is 6.34. The summed E-state index contributed by atoms with van der Waals surface area (Å²) in [5, 5.41) is 11.9. The van der Waals surface area contributed by atoms with Crippen LogP contribution in [0.25, 0.3) is 0 Å². The Morgan fingerprint density at radius 1 is 1.29 bits per heavy atom. The number of carboxylic acid groups (broad SMARTS) is 1. The Hall–Kier alpha value is -2.04. The molecule has 0 aliphatic carbocycles. The van der Waals surface area contributed by atoms with Gasteiger partial charge in [0.1, 0.15) is 12.4 Å². The number of hydrogen-bond donors (Lipinski definition) is 1. The van der Waals surface area contributed by atoms with E-state index < -0.39 is 5.97 Å². The van der Waals surface area contributed by atoms with Gasteiger partial charge in [-0.15, -0.1) is 0 Å². The summed E-state index contributed by atoms with van der Waals surface area (Å²) in [7, 11) is 0. The number of ether oxygens (including phenoxy) is 1. The molecule has 5 heteroatoms. The van der Waals surface area contributed by atoms with Crippen molar-refractivity contribution >= 4 is 11.7 Å². The highest BCUT2D eigenvalue weighted by atomic mass is 16.6. The fraction of sp³-hybridized carbons (Fsp3) is 0.333. The van der Waals surface area contributed by atoms with Gasteiger partial charge in [0, 0.05) is 6.42 Å². The largest absolute Gasteiger partial charge is 0.493 e. The van der Waals surface area contributed by atoms with E-state index in [1.807, 2.05) is 30.3 Å². The van der Waals surface area contributed by atoms with E-state index in [0.717, 1.165) is 5.75 Å². The normalized spacial score (nSPS) is 11.0. The van der Waals surface area contributed by atoms with Crippen molar-refractivity contribution in [3.63, 3.8) is 0 Å². The maximum Gasteiger partial charge on any atom is 0.353 e. The lowest BCUT2D eigenvalue weighted by molar-refractivity contribution is -0.129. The fourth-order valence-electron chi connectivity index (χ4n) is 1.01. The average Bonchev–Trinajstić information content (AvgIpc) is 2.34. The molecule has 1 N–H and O–H groups in total. The Balaban J connectivity index is 2.10. The molecule has 0 heterocycles. The van der Waals surface area contributed by atoms with Crippen LogP contribution < -0.4 is 4.74 Å². The van der Waals surface area contributed by atoms with Gasteiger partial charge in [0.25, 0.3) is 0 Å². The van der Waals surface area contributed by atoms with E-state index in [9.17, 15) is 4.79 Å². The zero-order valence-corrected chi connectivity index (χ0v) is 9.63. The van der Waals surface area contributed by atoms with Crippen LogP contribution in [0.3, 0.4) is 0 Å². The summed E-state index contributed by atoms with van der Waals surface area (Å²) in [6.07, 6.45) is 0.644. The van der Waals surface area contributed by atoms with Crippen molar-refractivity contribution in [2.45, 2.75) is 13.3 Å². The van der Waals surface area contributed by atoms with Crippen molar-refractivity contribution in [2.24, 2.45) is 5.16 Å². The molecule has 0 saturated heterocycles. The van der Waals surface area contributed by atoms with Gasteiger partial charge in [0.05, 0.1) is 6.61 Å². The summed E-state index contributed by atoms with van der Waals surface area (Å²) < 4.78 is 5.42. The lowest BCUT2D eigenvalue weighted by atomic mass is 10.3. The Labute approximate surface area is 99.7 Å². The molecule has 1 aromatic rings. The first kappa shape index (κ1) is 13.0. The molecule has 92 valence electrons. The first-order valence-corrected chi connectivity index (χ1v) is 5.28. The molecule has 0 saturated carbocycles. The molecule has 0 spiro atoms. The first-order valence-electron chi connectivity index (χ1n) is 5.28. The Morgan fingerprint density at radius 2 is 2.00 bits per heavy atom. The molecule has 0 atom stereocenters. The topological polar surface area (TPSA) is 68.1 Å². The maximum absolute atomic E-state index is 10.4. The Morgan fingerprint density at radius 3 is 2.65 bits per heavy atom. The molecule has 0 aliphatic heterocycles. The van der Waals surface area contributed by atoms with Crippen LogP contribution in [0.15, 0.2) is 35.5 Å². The lowest BCUT2D eigenvalue weighted by Gasteiger charge is -2.04. The molecule has 0 aromatic heterocycles. The summed E-state index contributed by atoms with van der Waals surface area (Å²) in [6, 6.07) is 9.44. The predicted molar refractivity (Wildman–Crippen MR) is 63.3 cm³/mol. The van der Waals surface area contributed by atoms with Gasteiger partial charge < -0.3 is 14.7 Å². The highest BCUT2D eigenvalue weighted by Crippen LogP contribution is 2.08. The quantitative estimate of drug-likeness (QED) is 0.447. The molecule has 0 radical (unpaired) electrons. The van der Waals surface area contributed by atoms with E-state index in [1.54, 1.807) is 0 Å². The molecule has 5 nitrogen and oxygen atoms in total. The predicted octanol–water partition coefficient (Wildman–Crippen LogP) is 1.93. The third kappa shape index (κ3) is 5.55. The molecule has 0 aliphatic rings. The number of para-hydroxylation sites is 1. The molecular formula is C12H15NO4. The zero-order chi connectivity index (χ0) is 12.5. The smallest absolute Gasteiger partial charge is 0.353 e. The number of carbonyl (C=O) groups is 1. The molecule has 1 aromatic carbocycles. The highest BCUT2D eigenvalue weighted by Gasteiger charge is 2.01. The van der Waals surface area contributed by atoms with Crippen molar-refractivity contribution in [1.82, 2.24) is 0 Å². The van der Waals surface area contributed by atoms with Crippen LogP contribution in [0, 0.1) is 0 Å². The van der Waals surface area contributed by atoms with Crippen molar-refractivity contribution in [2.75, 3.05) is 13.2 Å². The van der Waals surface area contributed by atoms with Crippen molar-refractivity contribution < 1.29 is 19.5 Å². The third-order valence-electron chi connectivity index (χ3n) is 1.90. The van der Waals surface area contributed by atoms with Gasteiger partial charge in [-0.3, -0.25) is 0 Å². The summed E-state index contributed by atoms with van der Waals surface area (Å²) in [5.41, 5.74) is -0.0611. The summed E-state index contributed by atoms with van der Waals surface area (Å²) in [4.78, 5) is 15.2. The molecule has 0 unspecified atom stereocenters. The molecule has 0 fully saturated rings. The van der Waals surface area contributed by atoms with E-state index in [1.165, 1.54) is 6.92 Å². The Bertz CT molecular complexity index is 375. The van der Waals surface area contributed by atoms with Gasteiger partial charge in [0.2, 0.25) is 0 Å². The van der Waals surface area contributed by atoms with E-state index in [0.29, 0.717) is 19.6 Å². The van der Waals surface area contributed by atoms with Gasteiger partial charge in [-0.2, -0.15) is 0 Å². The molecule has 17 heavy (non-hydrogen) atoms. The Kier molecular flexibility index (Phi) is 5.57. The minimum absolute atomic E-state index is 0.0611. The van der Waals surface area contributed by atoms with Gasteiger partial charge in [0.15, 0.2) is 5.71 Å². The number of hydrogen-bond acceptors (Lipinski definition) is 4. The molecular weight excluding hydrogens is 222 g/mol. The second-order valence-corrected chi connectivity index (χ2v) is 3.33.